The van der Waals surface area contributed by atoms with Crippen LogP contribution in [-0.2, 0) is 11.3 Å². The van der Waals surface area contributed by atoms with E-state index in [-0.39, 0.29) is 22.5 Å². The summed E-state index contributed by atoms with van der Waals surface area (Å²) in [5, 5.41) is 1.23. The molecule has 122 valence electrons. The number of pyridine rings is 2. The quantitative estimate of drug-likeness (QED) is 0.511. The molecule has 3 rings (SSSR count). The first-order valence-corrected chi connectivity index (χ1v) is 7.75. The number of esters is 1. The molecule has 0 spiro atoms. The molecule has 1 aromatic carbocycles. The normalized spacial score (nSPS) is 10.6. The van der Waals surface area contributed by atoms with Crippen LogP contribution >= 0.6 is 23.2 Å². The van der Waals surface area contributed by atoms with Gasteiger partial charge in [-0.25, -0.2) is 14.8 Å². The summed E-state index contributed by atoms with van der Waals surface area (Å²) in [6, 6.07) is 10.4. The zero-order chi connectivity index (χ0) is 17.1. The van der Waals surface area contributed by atoms with Crippen LogP contribution in [0.5, 0.6) is 5.75 Å². The maximum absolute atomic E-state index is 12.1. The van der Waals surface area contributed by atoms with E-state index in [1.807, 2.05) is 18.2 Å². The molecular formula is C17H12Cl2N2O3. The molecule has 0 saturated heterocycles. The van der Waals surface area contributed by atoms with E-state index in [0.29, 0.717) is 16.8 Å². The zero-order valence-electron chi connectivity index (χ0n) is 12.6. The highest BCUT2D eigenvalue weighted by molar-refractivity contribution is 6.32. The molecule has 2 heterocycles. The number of ether oxygens (including phenoxy) is 2. The second kappa shape index (κ2) is 7.03. The van der Waals surface area contributed by atoms with Crippen LogP contribution in [0.4, 0.5) is 0 Å². The van der Waals surface area contributed by atoms with Crippen molar-refractivity contribution in [2.24, 2.45) is 0 Å². The Morgan fingerprint density at radius 2 is 2.00 bits per heavy atom. The highest BCUT2D eigenvalue weighted by Crippen LogP contribution is 2.25. The number of benzene rings is 1. The number of halogens is 2. The molecule has 5 nitrogen and oxygen atoms in total. The van der Waals surface area contributed by atoms with Gasteiger partial charge in [0.05, 0.1) is 18.2 Å². The molecule has 0 unspecified atom stereocenters. The van der Waals surface area contributed by atoms with E-state index in [9.17, 15) is 4.79 Å². The Hall–Kier alpha value is -2.37. The number of carbonyl (C=O) groups is 1. The summed E-state index contributed by atoms with van der Waals surface area (Å²) in [7, 11) is 1.58. The highest BCUT2D eigenvalue weighted by Gasteiger charge is 2.14. The van der Waals surface area contributed by atoms with Crippen LogP contribution in [0.1, 0.15) is 15.9 Å². The van der Waals surface area contributed by atoms with Crippen molar-refractivity contribution in [1.29, 1.82) is 0 Å². The van der Waals surface area contributed by atoms with Crippen LogP contribution in [0.3, 0.4) is 0 Å². The van der Waals surface area contributed by atoms with Gasteiger partial charge in [-0.15, -0.1) is 0 Å². The Labute approximate surface area is 148 Å². The molecule has 0 N–H and O–H groups in total. The lowest BCUT2D eigenvalue weighted by Crippen LogP contribution is -2.07. The van der Waals surface area contributed by atoms with Crippen molar-refractivity contribution in [3.63, 3.8) is 0 Å². The van der Waals surface area contributed by atoms with E-state index >= 15 is 0 Å². The molecular weight excluding hydrogens is 351 g/mol. The summed E-state index contributed by atoms with van der Waals surface area (Å²) in [4.78, 5) is 20.2. The number of aromatic nitrogens is 2. The van der Waals surface area contributed by atoms with Gasteiger partial charge in [-0.3, -0.25) is 0 Å². The minimum Gasteiger partial charge on any atom is -0.497 e. The van der Waals surface area contributed by atoms with E-state index in [1.165, 1.54) is 6.20 Å². The first-order valence-electron chi connectivity index (χ1n) is 6.99. The van der Waals surface area contributed by atoms with Crippen molar-refractivity contribution >= 4 is 40.1 Å². The maximum Gasteiger partial charge on any atom is 0.341 e. The smallest absolute Gasteiger partial charge is 0.341 e. The molecule has 24 heavy (non-hydrogen) atoms. The summed E-state index contributed by atoms with van der Waals surface area (Å²) < 4.78 is 10.4. The van der Waals surface area contributed by atoms with Crippen LogP contribution in [0.15, 0.2) is 42.6 Å². The molecule has 7 heteroatoms. The summed E-state index contributed by atoms with van der Waals surface area (Å²) in [6.45, 7) is -0.0160. The average molecular weight is 363 g/mol. The molecule has 0 aliphatic rings. The highest BCUT2D eigenvalue weighted by atomic mass is 35.5. The fourth-order valence-corrected chi connectivity index (χ4v) is 2.55. The molecule has 2 aromatic heterocycles. The lowest BCUT2D eigenvalue weighted by Gasteiger charge is -2.09. The van der Waals surface area contributed by atoms with Gasteiger partial charge < -0.3 is 9.47 Å². The summed E-state index contributed by atoms with van der Waals surface area (Å²) in [6.07, 6.45) is 1.50. The average Bonchev–Trinajstić information content (AvgIpc) is 2.59. The Bertz CT molecular complexity index is 915. The number of rotatable bonds is 4. The van der Waals surface area contributed by atoms with Crippen LogP contribution in [0.25, 0.3) is 10.9 Å². The monoisotopic (exact) mass is 362 g/mol. The third-order valence-electron chi connectivity index (χ3n) is 3.39. The van der Waals surface area contributed by atoms with Crippen molar-refractivity contribution in [2.45, 2.75) is 6.61 Å². The fraction of sp³-hybridized carbons (Fsp3) is 0.118. The van der Waals surface area contributed by atoms with Gasteiger partial charge in [0.15, 0.2) is 0 Å². The lowest BCUT2D eigenvalue weighted by molar-refractivity contribution is 0.0472. The number of fused-ring (bicyclic) bond motifs is 1. The SMILES string of the molecule is COc1ccc2cc(COC(=O)c3cccnc3Cl)c(Cl)nc2c1. The maximum atomic E-state index is 12.1. The molecule has 0 radical (unpaired) electrons. The topological polar surface area (TPSA) is 61.3 Å². The predicted molar refractivity (Wildman–Crippen MR) is 91.7 cm³/mol. The van der Waals surface area contributed by atoms with E-state index < -0.39 is 5.97 Å². The molecule has 0 saturated carbocycles. The second-order valence-electron chi connectivity index (χ2n) is 4.91. The molecule has 3 aromatic rings. The van der Waals surface area contributed by atoms with Gasteiger partial charge in [0.2, 0.25) is 0 Å². The van der Waals surface area contributed by atoms with Gasteiger partial charge >= 0.3 is 5.97 Å². The summed E-state index contributed by atoms with van der Waals surface area (Å²) >= 11 is 12.1. The van der Waals surface area contributed by atoms with Crippen LogP contribution in [0, 0.1) is 0 Å². The fourth-order valence-electron chi connectivity index (χ4n) is 2.15. The van der Waals surface area contributed by atoms with Crippen molar-refractivity contribution in [1.82, 2.24) is 9.97 Å². The third-order valence-corrected chi connectivity index (χ3v) is 4.02. The Morgan fingerprint density at radius 3 is 2.75 bits per heavy atom. The van der Waals surface area contributed by atoms with Gasteiger partial charge in [0.1, 0.15) is 22.7 Å². The van der Waals surface area contributed by atoms with E-state index in [1.54, 1.807) is 25.3 Å². The summed E-state index contributed by atoms with van der Waals surface area (Å²) in [5.41, 5.74) is 1.50. The van der Waals surface area contributed by atoms with Crippen molar-refractivity contribution < 1.29 is 14.3 Å². The first-order chi connectivity index (χ1) is 11.6. The Balaban J connectivity index is 1.81. The summed E-state index contributed by atoms with van der Waals surface area (Å²) in [5.74, 6) is 0.121. The Kier molecular flexibility index (Phi) is 4.83. The van der Waals surface area contributed by atoms with Gasteiger partial charge in [-0.1, -0.05) is 23.2 Å². The van der Waals surface area contributed by atoms with E-state index in [0.717, 1.165) is 5.39 Å². The number of methoxy groups -OCH3 is 1. The van der Waals surface area contributed by atoms with Crippen molar-refractivity contribution in [3.05, 3.63) is 64.0 Å². The number of hydrogen-bond donors (Lipinski definition) is 0. The zero-order valence-corrected chi connectivity index (χ0v) is 14.1. The molecule has 0 bridgehead atoms. The van der Waals surface area contributed by atoms with Gasteiger partial charge in [0, 0.05) is 23.2 Å². The largest absolute Gasteiger partial charge is 0.497 e. The first kappa shape index (κ1) is 16.5. The minimum atomic E-state index is -0.570. The van der Waals surface area contributed by atoms with Gasteiger partial charge in [-0.05, 0) is 30.3 Å². The van der Waals surface area contributed by atoms with E-state index in [2.05, 4.69) is 9.97 Å². The number of nitrogens with zero attached hydrogens (tertiary/aromatic N) is 2. The van der Waals surface area contributed by atoms with Crippen molar-refractivity contribution in [2.75, 3.05) is 7.11 Å². The lowest BCUT2D eigenvalue weighted by atomic mass is 10.1. The predicted octanol–water partition coefficient (Wildman–Crippen LogP) is 4.30. The number of carbonyl (C=O) groups excluding carboxylic acids is 1. The van der Waals surface area contributed by atoms with Crippen LogP contribution < -0.4 is 4.74 Å². The molecule has 0 fully saturated rings. The van der Waals surface area contributed by atoms with Gasteiger partial charge in [-0.2, -0.15) is 0 Å². The molecule has 0 aliphatic heterocycles. The minimum absolute atomic E-state index is 0.0160. The Morgan fingerprint density at radius 1 is 1.17 bits per heavy atom. The third kappa shape index (κ3) is 3.42. The van der Waals surface area contributed by atoms with Gasteiger partial charge in [0.25, 0.3) is 0 Å². The molecule has 0 amide bonds. The number of hydrogen-bond acceptors (Lipinski definition) is 5. The molecule has 0 atom stereocenters. The van der Waals surface area contributed by atoms with Crippen LogP contribution in [-0.4, -0.2) is 23.0 Å². The second-order valence-corrected chi connectivity index (χ2v) is 5.63. The standard InChI is InChI=1S/C17H12Cl2N2O3/c1-23-12-5-4-10-7-11(15(18)21-14(10)8-12)9-24-17(22)13-3-2-6-20-16(13)19/h2-8H,9H2,1H3. The molecule has 0 aliphatic carbocycles. The van der Waals surface area contributed by atoms with Crippen molar-refractivity contribution in [3.8, 4) is 5.75 Å². The van der Waals surface area contributed by atoms with Crippen LogP contribution in [0.2, 0.25) is 10.3 Å². The van der Waals surface area contributed by atoms with E-state index in [4.69, 9.17) is 32.7 Å².